The molecule has 16 heavy (non-hydrogen) atoms. The van der Waals surface area contributed by atoms with Gasteiger partial charge in [-0.2, -0.15) is 12.6 Å². The highest BCUT2D eigenvalue weighted by molar-refractivity contribution is 9.11. The maximum atomic E-state index is 11.7. The van der Waals surface area contributed by atoms with E-state index in [-0.39, 0.29) is 11.3 Å². The molecule has 1 amide bonds. The fraction of sp³-hybridized carbons (Fsp3) is 0.545. The largest absolute Gasteiger partial charge is 0.351 e. The zero-order valence-corrected chi connectivity index (χ0v) is 12.1. The SMILES string of the molecule is O=C(CC1(CS)CC1)NCc1ccc(Br)s1. The number of thiophene rings is 1. The molecule has 0 unspecified atom stereocenters. The Labute approximate surface area is 113 Å². The topological polar surface area (TPSA) is 29.1 Å². The van der Waals surface area contributed by atoms with E-state index in [2.05, 4.69) is 33.9 Å². The van der Waals surface area contributed by atoms with E-state index in [1.54, 1.807) is 11.3 Å². The van der Waals surface area contributed by atoms with Crippen LogP contribution in [0.5, 0.6) is 0 Å². The summed E-state index contributed by atoms with van der Waals surface area (Å²) in [4.78, 5) is 12.9. The monoisotopic (exact) mass is 319 g/mol. The number of hydrogen-bond acceptors (Lipinski definition) is 3. The van der Waals surface area contributed by atoms with Crippen molar-refractivity contribution < 1.29 is 4.79 Å². The van der Waals surface area contributed by atoms with Crippen molar-refractivity contribution in [3.8, 4) is 0 Å². The second kappa shape index (κ2) is 5.10. The second-order valence-electron chi connectivity index (χ2n) is 4.32. The Hall–Kier alpha value is -0.0000000000000000833. The number of hydrogen-bond donors (Lipinski definition) is 2. The van der Waals surface area contributed by atoms with E-state index in [9.17, 15) is 4.79 Å². The van der Waals surface area contributed by atoms with Crippen molar-refractivity contribution in [3.05, 3.63) is 20.8 Å². The Bertz CT molecular complexity index is 387. The Kier molecular flexibility index (Phi) is 3.97. The van der Waals surface area contributed by atoms with Gasteiger partial charge in [0.1, 0.15) is 0 Å². The molecule has 1 fully saturated rings. The van der Waals surface area contributed by atoms with Crippen LogP contribution in [-0.2, 0) is 11.3 Å². The minimum atomic E-state index is 0.149. The van der Waals surface area contributed by atoms with Gasteiger partial charge in [-0.15, -0.1) is 11.3 Å². The maximum absolute atomic E-state index is 11.7. The molecule has 2 rings (SSSR count). The first-order chi connectivity index (χ1) is 7.63. The molecule has 5 heteroatoms. The number of rotatable bonds is 5. The Balaban J connectivity index is 1.76. The zero-order valence-electron chi connectivity index (χ0n) is 8.83. The molecular formula is C11H14BrNOS2. The number of nitrogens with one attached hydrogen (secondary N) is 1. The van der Waals surface area contributed by atoms with Crippen molar-refractivity contribution in [2.75, 3.05) is 5.75 Å². The highest BCUT2D eigenvalue weighted by Gasteiger charge is 2.42. The molecule has 1 aromatic heterocycles. The van der Waals surface area contributed by atoms with Crippen molar-refractivity contribution in [2.45, 2.75) is 25.8 Å². The number of thiol groups is 1. The lowest BCUT2D eigenvalue weighted by Gasteiger charge is -2.11. The van der Waals surface area contributed by atoms with Crippen LogP contribution in [0.2, 0.25) is 0 Å². The lowest BCUT2D eigenvalue weighted by Crippen LogP contribution is -2.25. The first-order valence-electron chi connectivity index (χ1n) is 5.25. The molecule has 0 radical (unpaired) electrons. The van der Waals surface area contributed by atoms with Gasteiger partial charge in [0.2, 0.25) is 5.91 Å². The molecule has 1 saturated carbocycles. The molecule has 0 saturated heterocycles. The van der Waals surface area contributed by atoms with Gasteiger partial charge in [0.05, 0.1) is 10.3 Å². The minimum absolute atomic E-state index is 0.149. The number of carbonyl (C=O) groups is 1. The van der Waals surface area contributed by atoms with Crippen LogP contribution >= 0.6 is 39.9 Å². The van der Waals surface area contributed by atoms with E-state index in [4.69, 9.17) is 0 Å². The number of carbonyl (C=O) groups excluding carboxylic acids is 1. The van der Waals surface area contributed by atoms with Gasteiger partial charge in [0.25, 0.3) is 0 Å². The van der Waals surface area contributed by atoms with Crippen LogP contribution < -0.4 is 5.32 Å². The molecule has 1 heterocycles. The molecule has 0 aliphatic heterocycles. The summed E-state index contributed by atoms with van der Waals surface area (Å²) in [6, 6.07) is 4.03. The van der Waals surface area contributed by atoms with Crippen LogP contribution in [0, 0.1) is 5.41 Å². The van der Waals surface area contributed by atoms with Crippen LogP contribution in [0.15, 0.2) is 15.9 Å². The quantitative estimate of drug-likeness (QED) is 0.802. The first kappa shape index (κ1) is 12.5. The Morgan fingerprint density at radius 2 is 2.31 bits per heavy atom. The van der Waals surface area contributed by atoms with Crippen LogP contribution in [0.25, 0.3) is 0 Å². The predicted octanol–water partition coefficient (Wildman–Crippen LogP) is 3.23. The van der Waals surface area contributed by atoms with Gasteiger partial charge in [0.15, 0.2) is 0 Å². The van der Waals surface area contributed by atoms with E-state index in [1.807, 2.05) is 12.1 Å². The fourth-order valence-electron chi connectivity index (χ4n) is 1.60. The molecular weight excluding hydrogens is 306 g/mol. The van der Waals surface area contributed by atoms with Crippen molar-refractivity contribution in [2.24, 2.45) is 5.41 Å². The standard InChI is InChI=1S/C11H14BrNOS2/c12-9-2-1-8(16-9)6-13-10(14)5-11(7-15)3-4-11/h1-2,15H,3-7H2,(H,13,14). The second-order valence-corrected chi connectivity index (χ2v) is 7.18. The molecule has 88 valence electrons. The van der Waals surface area contributed by atoms with Crippen LogP contribution in [-0.4, -0.2) is 11.7 Å². The third-order valence-electron chi connectivity index (χ3n) is 2.92. The third-order valence-corrected chi connectivity index (χ3v) is 5.21. The molecule has 0 aromatic carbocycles. The average molecular weight is 320 g/mol. The minimum Gasteiger partial charge on any atom is -0.351 e. The van der Waals surface area contributed by atoms with Gasteiger partial charge in [-0.3, -0.25) is 4.79 Å². The van der Waals surface area contributed by atoms with Crippen LogP contribution in [0.3, 0.4) is 0 Å². The van der Waals surface area contributed by atoms with Gasteiger partial charge in [-0.05, 0) is 52.1 Å². The van der Waals surface area contributed by atoms with E-state index >= 15 is 0 Å². The highest BCUT2D eigenvalue weighted by atomic mass is 79.9. The van der Waals surface area contributed by atoms with E-state index in [0.29, 0.717) is 13.0 Å². The lowest BCUT2D eigenvalue weighted by atomic mass is 10.1. The van der Waals surface area contributed by atoms with Crippen molar-refractivity contribution in [3.63, 3.8) is 0 Å². The van der Waals surface area contributed by atoms with E-state index in [0.717, 1.165) is 22.4 Å². The summed E-state index contributed by atoms with van der Waals surface area (Å²) in [6.07, 6.45) is 2.92. The van der Waals surface area contributed by atoms with E-state index in [1.165, 1.54) is 4.88 Å². The van der Waals surface area contributed by atoms with Crippen molar-refractivity contribution >= 4 is 45.8 Å². The first-order valence-corrected chi connectivity index (χ1v) is 7.50. The Morgan fingerprint density at radius 1 is 1.56 bits per heavy atom. The maximum Gasteiger partial charge on any atom is 0.220 e. The Morgan fingerprint density at radius 3 is 2.81 bits per heavy atom. The lowest BCUT2D eigenvalue weighted by molar-refractivity contribution is -0.122. The van der Waals surface area contributed by atoms with Gasteiger partial charge in [-0.1, -0.05) is 0 Å². The summed E-state index contributed by atoms with van der Waals surface area (Å²) in [7, 11) is 0. The van der Waals surface area contributed by atoms with Gasteiger partial charge >= 0.3 is 0 Å². The number of amides is 1. The molecule has 1 aliphatic rings. The summed E-state index contributed by atoms with van der Waals surface area (Å²) >= 11 is 9.36. The predicted molar refractivity (Wildman–Crippen MR) is 74.0 cm³/mol. The van der Waals surface area contributed by atoms with Crippen molar-refractivity contribution in [1.29, 1.82) is 0 Å². The highest BCUT2D eigenvalue weighted by Crippen LogP contribution is 2.49. The van der Waals surface area contributed by atoms with Gasteiger partial charge < -0.3 is 5.32 Å². The third kappa shape index (κ3) is 3.25. The van der Waals surface area contributed by atoms with Crippen LogP contribution in [0.4, 0.5) is 0 Å². The summed E-state index contributed by atoms with van der Waals surface area (Å²) < 4.78 is 1.10. The molecule has 1 aliphatic carbocycles. The van der Waals surface area contributed by atoms with Gasteiger partial charge in [-0.25, -0.2) is 0 Å². The fourth-order valence-corrected chi connectivity index (χ4v) is 3.45. The van der Waals surface area contributed by atoms with E-state index < -0.39 is 0 Å². The molecule has 1 N–H and O–H groups in total. The molecule has 2 nitrogen and oxygen atoms in total. The molecule has 0 bridgehead atoms. The average Bonchev–Trinajstić information content (AvgIpc) is 2.91. The molecule has 0 spiro atoms. The zero-order chi connectivity index (χ0) is 11.6. The summed E-state index contributed by atoms with van der Waals surface area (Å²) in [5.74, 6) is 0.974. The normalized spacial score (nSPS) is 17.1. The summed E-state index contributed by atoms with van der Waals surface area (Å²) in [5, 5.41) is 2.96. The summed E-state index contributed by atoms with van der Waals surface area (Å²) in [5.41, 5.74) is 0.212. The molecule has 0 atom stereocenters. The molecule has 1 aromatic rings. The van der Waals surface area contributed by atoms with Crippen LogP contribution in [0.1, 0.15) is 24.1 Å². The number of halogens is 1. The van der Waals surface area contributed by atoms with Gasteiger partial charge in [0, 0.05) is 11.3 Å². The van der Waals surface area contributed by atoms with Crippen molar-refractivity contribution in [1.82, 2.24) is 5.32 Å². The summed E-state index contributed by atoms with van der Waals surface area (Å²) in [6.45, 7) is 0.637. The smallest absolute Gasteiger partial charge is 0.220 e.